The predicted molar refractivity (Wildman–Crippen MR) is 81.5 cm³/mol. The molecule has 1 atom stereocenters. The Morgan fingerprint density at radius 1 is 1.30 bits per heavy atom. The molecule has 0 bridgehead atoms. The molecule has 2 rings (SSSR count). The molecule has 0 aromatic heterocycles. The second-order valence-electron chi connectivity index (χ2n) is 5.38. The number of nitrogens with one attached hydrogen (secondary N) is 1. The van der Waals surface area contributed by atoms with E-state index in [1.54, 1.807) is 0 Å². The van der Waals surface area contributed by atoms with Gasteiger partial charge in [-0.3, -0.25) is 19.7 Å². The van der Waals surface area contributed by atoms with E-state index in [9.17, 15) is 14.4 Å². The molecule has 1 amide bonds. The van der Waals surface area contributed by atoms with Crippen molar-refractivity contribution in [3.05, 3.63) is 35.9 Å². The van der Waals surface area contributed by atoms with Gasteiger partial charge in [-0.05, 0) is 18.4 Å². The smallest absolute Gasteiger partial charge is 0.323 e. The lowest BCUT2D eigenvalue weighted by atomic mass is 10.0. The van der Waals surface area contributed by atoms with Crippen LogP contribution in [0.5, 0.6) is 0 Å². The summed E-state index contributed by atoms with van der Waals surface area (Å²) in [6.45, 7) is 0.229. The summed E-state index contributed by atoms with van der Waals surface area (Å²) in [5, 5.41) is 11.6. The SMILES string of the molecule is O=C(O)CN1CCC[C@@H](NCC(=O)OCc2ccccc2)C1=O. The van der Waals surface area contributed by atoms with Gasteiger partial charge in [-0.15, -0.1) is 0 Å². The van der Waals surface area contributed by atoms with Crippen LogP contribution in [0.1, 0.15) is 18.4 Å². The van der Waals surface area contributed by atoms with Crippen LogP contribution >= 0.6 is 0 Å². The van der Waals surface area contributed by atoms with Crippen molar-refractivity contribution < 1.29 is 24.2 Å². The molecule has 1 saturated heterocycles. The topological polar surface area (TPSA) is 95.9 Å². The first kappa shape index (κ1) is 17.0. The summed E-state index contributed by atoms with van der Waals surface area (Å²) in [6, 6.07) is 8.78. The summed E-state index contributed by atoms with van der Waals surface area (Å²) in [7, 11) is 0. The Bertz CT molecular complexity index is 561. The number of likely N-dealkylation sites (tertiary alicyclic amines) is 1. The number of carbonyl (C=O) groups is 3. The second-order valence-corrected chi connectivity index (χ2v) is 5.38. The van der Waals surface area contributed by atoms with Gasteiger partial charge in [0.2, 0.25) is 5.91 Å². The second kappa shape index (κ2) is 8.28. The molecule has 1 fully saturated rings. The van der Waals surface area contributed by atoms with E-state index in [4.69, 9.17) is 9.84 Å². The van der Waals surface area contributed by atoms with Crippen molar-refractivity contribution in [1.82, 2.24) is 10.2 Å². The standard InChI is InChI=1S/C16H20N2O5/c19-14(20)10-18-8-4-7-13(16(18)22)17-9-15(21)23-11-12-5-2-1-3-6-12/h1-3,5-6,13,17H,4,7-11H2,(H,19,20)/t13-/m1/s1. The number of carbonyl (C=O) groups excluding carboxylic acids is 2. The highest BCUT2D eigenvalue weighted by Crippen LogP contribution is 2.11. The van der Waals surface area contributed by atoms with Gasteiger partial charge < -0.3 is 14.7 Å². The average molecular weight is 320 g/mol. The zero-order chi connectivity index (χ0) is 16.7. The number of amides is 1. The molecular weight excluding hydrogens is 300 g/mol. The number of nitrogens with zero attached hydrogens (tertiary/aromatic N) is 1. The van der Waals surface area contributed by atoms with Crippen LogP contribution < -0.4 is 5.32 Å². The maximum atomic E-state index is 12.1. The van der Waals surface area contributed by atoms with Crippen LogP contribution in [0.25, 0.3) is 0 Å². The van der Waals surface area contributed by atoms with Gasteiger partial charge in [0.15, 0.2) is 0 Å². The van der Waals surface area contributed by atoms with E-state index < -0.39 is 18.0 Å². The highest BCUT2D eigenvalue weighted by Gasteiger charge is 2.29. The third-order valence-corrected chi connectivity index (χ3v) is 3.59. The molecule has 7 heteroatoms. The van der Waals surface area contributed by atoms with Gasteiger partial charge in [-0.25, -0.2) is 0 Å². The van der Waals surface area contributed by atoms with E-state index in [0.29, 0.717) is 19.4 Å². The summed E-state index contributed by atoms with van der Waals surface area (Å²) < 4.78 is 5.13. The Labute approximate surface area is 134 Å². The van der Waals surface area contributed by atoms with Gasteiger partial charge in [-0.1, -0.05) is 30.3 Å². The summed E-state index contributed by atoms with van der Waals surface area (Å²) in [5.74, 6) is -1.77. The van der Waals surface area contributed by atoms with E-state index in [1.807, 2.05) is 30.3 Å². The van der Waals surface area contributed by atoms with Crippen LogP contribution in [-0.4, -0.2) is 53.5 Å². The third kappa shape index (κ3) is 5.37. The van der Waals surface area contributed by atoms with Crippen LogP contribution in [0, 0.1) is 0 Å². The number of rotatable bonds is 7. The molecule has 2 N–H and O–H groups in total. The van der Waals surface area contributed by atoms with Gasteiger partial charge in [0, 0.05) is 6.54 Å². The first-order chi connectivity index (χ1) is 11.1. The van der Waals surface area contributed by atoms with E-state index in [2.05, 4.69) is 5.32 Å². The number of hydrogen-bond donors (Lipinski definition) is 2. The molecule has 1 aliphatic rings. The summed E-state index contributed by atoms with van der Waals surface area (Å²) in [5.41, 5.74) is 0.891. The van der Waals surface area contributed by atoms with Crippen molar-refractivity contribution in [2.45, 2.75) is 25.5 Å². The van der Waals surface area contributed by atoms with Crippen molar-refractivity contribution in [2.24, 2.45) is 0 Å². The molecule has 7 nitrogen and oxygen atoms in total. The largest absolute Gasteiger partial charge is 0.480 e. The number of benzene rings is 1. The van der Waals surface area contributed by atoms with E-state index in [1.165, 1.54) is 4.90 Å². The Kier molecular flexibility index (Phi) is 6.10. The molecule has 124 valence electrons. The fourth-order valence-electron chi connectivity index (χ4n) is 2.45. The number of hydrogen-bond acceptors (Lipinski definition) is 5. The zero-order valence-corrected chi connectivity index (χ0v) is 12.7. The molecule has 0 unspecified atom stereocenters. The Hall–Kier alpha value is -2.41. The maximum Gasteiger partial charge on any atom is 0.323 e. The van der Waals surface area contributed by atoms with Gasteiger partial charge in [0.25, 0.3) is 0 Å². The minimum absolute atomic E-state index is 0.0792. The van der Waals surface area contributed by atoms with E-state index in [-0.39, 0.29) is 25.6 Å². The van der Waals surface area contributed by atoms with Crippen LogP contribution in [0.15, 0.2) is 30.3 Å². The normalized spacial score (nSPS) is 17.8. The molecule has 0 radical (unpaired) electrons. The molecule has 1 aromatic rings. The number of ether oxygens (including phenoxy) is 1. The fourth-order valence-corrected chi connectivity index (χ4v) is 2.45. The summed E-state index contributed by atoms with van der Waals surface area (Å²) in [4.78, 5) is 35.8. The highest BCUT2D eigenvalue weighted by atomic mass is 16.5. The van der Waals surface area contributed by atoms with Crippen molar-refractivity contribution in [2.75, 3.05) is 19.6 Å². The van der Waals surface area contributed by atoms with Crippen molar-refractivity contribution in [3.8, 4) is 0 Å². The molecule has 0 aliphatic carbocycles. The van der Waals surface area contributed by atoms with Crippen LogP contribution in [0.3, 0.4) is 0 Å². The van der Waals surface area contributed by atoms with Crippen molar-refractivity contribution in [1.29, 1.82) is 0 Å². The van der Waals surface area contributed by atoms with Gasteiger partial charge in [-0.2, -0.15) is 0 Å². The molecule has 23 heavy (non-hydrogen) atoms. The lowest BCUT2D eigenvalue weighted by Crippen LogP contribution is -2.52. The predicted octanol–water partition coefficient (Wildman–Crippen LogP) is 0.395. The van der Waals surface area contributed by atoms with Gasteiger partial charge >= 0.3 is 11.9 Å². The number of carboxylic acid groups (broad SMARTS) is 1. The Balaban J connectivity index is 1.75. The minimum atomic E-state index is -1.04. The number of carboxylic acids is 1. The fraction of sp³-hybridized carbons (Fsp3) is 0.438. The number of piperidine rings is 1. The summed E-state index contributed by atoms with van der Waals surface area (Å²) >= 11 is 0. The molecule has 1 aromatic carbocycles. The number of esters is 1. The zero-order valence-electron chi connectivity index (χ0n) is 12.7. The Morgan fingerprint density at radius 3 is 2.74 bits per heavy atom. The summed E-state index contributed by atoms with van der Waals surface area (Å²) in [6.07, 6.45) is 1.29. The van der Waals surface area contributed by atoms with Gasteiger partial charge in [0.05, 0.1) is 12.6 Å². The van der Waals surface area contributed by atoms with Crippen LogP contribution in [-0.2, 0) is 25.7 Å². The maximum absolute atomic E-state index is 12.1. The lowest BCUT2D eigenvalue weighted by molar-refractivity contribution is -0.148. The quantitative estimate of drug-likeness (QED) is 0.706. The molecular formula is C16H20N2O5. The lowest BCUT2D eigenvalue weighted by Gasteiger charge is -2.31. The van der Waals surface area contributed by atoms with E-state index >= 15 is 0 Å². The minimum Gasteiger partial charge on any atom is -0.480 e. The average Bonchev–Trinajstić information content (AvgIpc) is 2.54. The molecule has 0 spiro atoms. The van der Waals surface area contributed by atoms with Crippen molar-refractivity contribution >= 4 is 17.8 Å². The third-order valence-electron chi connectivity index (χ3n) is 3.59. The van der Waals surface area contributed by atoms with Crippen LogP contribution in [0.2, 0.25) is 0 Å². The first-order valence-electron chi connectivity index (χ1n) is 7.50. The molecule has 1 aliphatic heterocycles. The van der Waals surface area contributed by atoms with Crippen molar-refractivity contribution in [3.63, 3.8) is 0 Å². The van der Waals surface area contributed by atoms with Crippen LogP contribution in [0.4, 0.5) is 0 Å². The van der Waals surface area contributed by atoms with Gasteiger partial charge in [0.1, 0.15) is 13.2 Å². The Morgan fingerprint density at radius 2 is 2.04 bits per heavy atom. The molecule has 0 saturated carbocycles. The molecule has 1 heterocycles. The number of aliphatic carboxylic acids is 1. The highest BCUT2D eigenvalue weighted by molar-refractivity contribution is 5.86. The van der Waals surface area contributed by atoms with E-state index in [0.717, 1.165) is 5.56 Å². The monoisotopic (exact) mass is 320 g/mol. The first-order valence-corrected chi connectivity index (χ1v) is 7.50.